The van der Waals surface area contributed by atoms with Crippen LogP contribution >= 0.6 is 0 Å². The number of rotatable bonds is 0. The number of hydrogen-bond donors (Lipinski definition) is 4. The first kappa shape index (κ1) is 11.3. The van der Waals surface area contributed by atoms with Gasteiger partial charge in [0.1, 0.15) is 0 Å². The lowest BCUT2D eigenvalue weighted by molar-refractivity contribution is 0.573. The molecule has 0 radical (unpaired) electrons. The van der Waals surface area contributed by atoms with Crippen molar-refractivity contribution in [3.8, 4) is 0 Å². The third-order valence-corrected chi connectivity index (χ3v) is 2.15. The molecular formula is C10H22N4. The summed E-state index contributed by atoms with van der Waals surface area (Å²) in [5, 5.41) is 13.3. The van der Waals surface area contributed by atoms with Crippen LogP contribution in [-0.4, -0.2) is 39.3 Å². The van der Waals surface area contributed by atoms with Crippen LogP contribution in [0.25, 0.3) is 0 Å². The van der Waals surface area contributed by atoms with Crippen LogP contribution in [0.5, 0.6) is 0 Å². The molecule has 0 saturated carbocycles. The fraction of sp³-hybridized carbons (Fsp3) is 0.800. The Hall–Kier alpha value is -0.740. The fourth-order valence-corrected chi connectivity index (χ4v) is 1.34. The lowest BCUT2D eigenvalue weighted by Crippen LogP contribution is -2.30. The van der Waals surface area contributed by atoms with Crippen molar-refractivity contribution in [1.82, 2.24) is 21.3 Å². The first-order valence-corrected chi connectivity index (χ1v) is 5.53. The van der Waals surface area contributed by atoms with Gasteiger partial charge < -0.3 is 21.3 Å². The highest BCUT2D eigenvalue weighted by Gasteiger charge is 1.90. The van der Waals surface area contributed by atoms with E-state index in [-0.39, 0.29) is 0 Å². The summed E-state index contributed by atoms with van der Waals surface area (Å²) in [5.41, 5.74) is 0. The zero-order valence-electron chi connectivity index (χ0n) is 8.81. The van der Waals surface area contributed by atoms with Crippen LogP contribution in [0.15, 0.2) is 12.4 Å². The summed E-state index contributed by atoms with van der Waals surface area (Å²) in [4.78, 5) is 0. The highest BCUT2D eigenvalue weighted by atomic mass is 15.0. The highest BCUT2D eigenvalue weighted by Crippen LogP contribution is 1.77. The third kappa shape index (κ3) is 6.74. The average molecular weight is 198 g/mol. The molecule has 0 aromatic carbocycles. The second kappa shape index (κ2) is 8.84. The predicted molar refractivity (Wildman–Crippen MR) is 60.1 cm³/mol. The van der Waals surface area contributed by atoms with Crippen LogP contribution in [-0.2, 0) is 0 Å². The minimum absolute atomic E-state index is 1.04. The van der Waals surface area contributed by atoms with E-state index in [1.165, 1.54) is 12.8 Å². The van der Waals surface area contributed by atoms with Gasteiger partial charge in [-0.1, -0.05) is 0 Å². The Labute approximate surface area is 86.5 Å². The Balaban J connectivity index is 2.09. The van der Waals surface area contributed by atoms with Crippen molar-refractivity contribution < 1.29 is 0 Å². The van der Waals surface area contributed by atoms with Gasteiger partial charge in [-0.3, -0.25) is 0 Å². The summed E-state index contributed by atoms with van der Waals surface area (Å²) in [6.45, 7) is 6.41. The van der Waals surface area contributed by atoms with Gasteiger partial charge in [0.15, 0.2) is 0 Å². The van der Waals surface area contributed by atoms with Gasteiger partial charge in [0, 0.05) is 38.6 Å². The molecule has 0 aromatic rings. The van der Waals surface area contributed by atoms with E-state index in [0.29, 0.717) is 0 Å². The molecule has 14 heavy (non-hydrogen) atoms. The first-order chi connectivity index (χ1) is 7.00. The molecule has 0 saturated heterocycles. The van der Waals surface area contributed by atoms with E-state index in [1.54, 1.807) is 0 Å². The maximum absolute atomic E-state index is 3.40. The van der Waals surface area contributed by atoms with Crippen LogP contribution in [0.1, 0.15) is 12.8 Å². The van der Waals surface area contributed by atoms with E-state index < -0.39 is 0 Å². The fourth-order valence-electron chi connectivity index (χ4n) is 1.34. The quantitative estimate of drug-likeness (QED) is 0.428. The molecule has 82 valence electrons. The standard InChI is InChI=1S/C10H22N4/c1-3-11-7-9-13-5-2-6-14-10-8-12-4-1/h7,9,11-14H,1-6,8,10H2. The van der Waals surface area contributed by atoms with Gasteiger partial charge in [-0.25, -0.2) is 0 Å². The van der Waals surface area contributed by atoms with E-state index in [0.717, 1.165) is 39.3 Å². The van der Waals surface area contributed by atoms with Gasteiger partial charge in [-0.05, 0) is 25.9 Å². The van der Waals surface area contributed by atoms with Crippen molar-refractivity contribution in [2.24, 2.45) is 0 Å². The number of hydrogen-bond acceptors (Lipinski definition) is 4. The van der Waals surface area contributed by atoms with Crippen LogP contribution < -0.4 is 21.3 Å². The van der Waals surface area contributed by atoms with E-state index in [9.17, 15) is 0 Å². The molecule has 1 rings (SSSR count). The molecule has 4 nitrogen and oxygen atoms in total. The lowest BCUT2D eigenvalue weighted by atomic mass is 10.4. The Bertz CT molecular complexity index is 131. The van der Waals surface area contributed by atoms with Gasteiger partial charge in [-0.15, -0.1) is 0 Å². The van der Waals surface area contributed by atoms with Gasteiger partial charge in [-0.2, -0.15) is 0 Å². The summed E-state index contributed by atoms with van der Waals surface area (Å²) in [6.07, 6.45) is 6.31. The van der Waals surface area contributed by atoms with Crippen LogP contribution in [0.3, 0.4) is 0 Å². The minimum Gasteiger partial charge on any atom is -0.390 e. The Kier molecular flexibility index (Phi) is 7.16. The molecule has 0 fully saturated rings. The zero-order valence-corrected chi connectivity index (χ0v) is 8.81. The van der Waals surface area contributed by atoms with Crippen LogP contribution in [0.4, 0.5) is 0 Å². The minimum atomic E-state index is 1.04. The number of nitrogens with one attached hydrogen (secondary N) is 4. The smallest absolute Gasteiger partial charge is 0.0154 e. The van der Waals surface area contributed by atoms with E-state index >= 15 is 0 Å². The molecule has 0 atom stereocenters. The van der Waals surface area contributed by atoms with Crippen molar-refractivity contribution in [2.45, 2.75) is 12.8 Å². The maximum atomic E-state index is 3.40. The molecule has 0 unspecified atom stereocenters. The van der Waals surface area contributed by atoms with Crippen LogP contribution in [0.2, 0.25) is 0 Å². The van der Waals surface area contributed by atoms with Crippen LogP contribution in [0, 0.1) is 0 Å². The first-order valence-electron chi connectivity index (χ1n) is 5.53. The van der Waals surface area contributed by atoms with Crippen molar-refractivity contribution >= 4 is 0 Å². The molecule has 1 aliphatic rings. The lowest BCUT2D eigenvalue weighted by Gasteiger charge is -2.08. The summed E-state index contributed by atoms with van der Waals surface area (Å²) < 4.78 is 0. The van der Waals surface area contributed by atoms with Gasteiger partial charge >= 0.3 is 0 Å². The van der Waals surface area contributed by atoms with Gasteiger partial charge in [0.2, 0.25) is 0 Å². The monoisotopic (exact) mass is 198 g/mol. The molecule has 0 bridgehead atoms. The SMILES string of the molecule is C1=CNCCCNCCNCCCN1. The maximum Gasteiger partial charge on any atom is 0.0154 e. The molecule has 0 aromatic heterocycles. The second-order valence-corrected chi connectivity index (χ2v) is 3.45. The molecule has 4 N–H and O–H groups in total. The molecule has 0 amide bonds. The summed E-state index contributed by atoms with van der Waals surface area (Å²) in [6, 6.07) is 0. The normalized spacial score (nSPS) is 21.7. The molecule has 1 aliphatic heterocycles. The van der Waals surface area contributed by atoms with Crippen molar-refractivity contribution in [3.05, 3.63) is 12.4 Å². The van der Waals surface area contributed by atoms with E-state index in [4.69, 9.17) is 0 Å². The zero-order chi connectivity index (χ0) is 9.90. The molecule has 4 heteroatoms. The topological polar surface area (TPSA) is 48.1 Å². The summed E-state index contributed by atoms with van der Waals surface area (Å²) >= 11 is 0. The molecule has 1 heterocycles. The second-order valence-electron chi connectivity index (χ2n) is 3.45. The molecular weight excluding hydrogens is 176 g/mol. The highest BCUT2D eigenvalue weighted by molar-refractivity contribution is 4.77. The average Bonchev–Trinajstić information content (AvgIpc) is 2.22. The third-order valence-electron chi connectivity index (χ3n) is 2.15. The van der Waals surface area contributed by atoms with Gasteiger partial charge in [0.05, 0.1) is 0 Å². The Morgan fingerprint density at radius 2 is 1.07 bits per heavy atom. The Morgan fingerprint density at radius 1 is 0.571 bits per heavy atom. The predicted octanol–water partition coefficient (Wildman–Crippen LogP) is -0.390. The largest absolute Gasteiger partial charge is 0.390 e. The summed E-state index contributed by atoms with van der Waals surface area (Å²) in [7, 11) is 0. The van der Waals surface area contributed by atoms with Gasteiger partial charge in [0.25, 0.3) is 0 Å². The Morgan fingerprint density at radius 3 is 1.57 bits per heavy atom. The van der Waals surface area contributed by atoms with Crippen molar-refractivity contribution in [1.29, 1.82) is 0 Å². The van der Waals surface area contributed by atoms with E-state index in [2.05, 4.69) is 21.3 Å². The molecule has 0 aliphatic carbocycles. The summed E-state index contributed by atoms with van der Waals surface area (Å²) in [5.74, 6) is 0. The van der Waals surface area contributed by atoms with Crippen molar-refractivity contribution in [2.75, 3.05) is 39.3 Å². The van der Waals surface area contributed by atoms with E-state index in [1.807, 2.05) is 12.4 Å². The van der Waals surface area contributed by atoms with Crippen molar-refractivity contribution in [3.63, 3.8) is 0 Å². The molecule has 0 spiro atoms.